The number of thiazole rings is 1. The highest BCUT2D eigenvalue weighted by atomic mass is 32.1. The summed E-state index contributed by atoms with van der Waals surface area (Å²) in [7, 11) is 0. The number of benzene rings is 1. The Hall–Kier alpha value is -1.39. The molecule has 0 amide bonds. The molecule has 1 aromatic carbocycles. The Morgan fingerprint density at radius 2 is 2.00 bits per heavy atom. The number of nitrogens with zero attached hydrogens (tertiary/aromatic N) is 1. The molecule has 1 aliphatic carbocycles. The minimum absolute atomic E-state index is 0.162. The van der Waals surface area contributed by atoms with Gasteiger partial charge in [-0.15, -0.1) is 0 Å². The number of nitrogens with one attached hydrogen (secondary N) is 1. The molecular formula is C18H22N2OS. The minimum Gasteiger partial charge on any atom is -0.375 e. The maximum atomic E-state index is 6.11. The van der Waals surface area contributed by atoms with E-state index in [1.807, 2.05) is 12.3 Å². The molecule has 3 nitrogen and oxygen atoms in total. The van der Waals surface area contributed by atoms with Crippen LogP contribution >= 0.6 is 11.3 Å². The third-order valence-electron chi connectivity index (χ3n) is 4.90. The van der Waals surface area contributed by atoms with E-state index in [1.165, 1.54) is 36.1 Å². The van der Waals surface area contributed by atoms with Gasteiger partial charge in [0.2, 0.25) is 0 Å². The topological polar surface area (TPSA) is 34.2 Å². The van der Waals surface area contributed by atoms with Crippen LogP contribution in [0.3, 0.4) is 0 Å². The molecule has 1 unspecified atom stereocenters. The number of rotatable bonds is 3. The van der Waals surface area contributed by atoms with Crippen molar-refractivity contribution in [3.8, 4) is 10.4 Å². The van der Waals surface area contributed by atoms with E-state index in [0.717, 1.165) is 24.6 Å². The monoisotopic (exact) mass is 314 g/mol. The first kappa shape index (κ1) is 14.2. The second-order valence-corrected chi connectivity index (χ2v) is 7.50. The Balaban J connectivity index is 1.44. The van der Waals surface area contributed by atoms with E-state index in [2.05, 4.69) is 34.6 Å². The highest BCUT2D eigenvalue weighted by Gasteiger charge is 2.40. The number of hydrogen-bond acceptors (Lipinski definition) is 4. The van der Waals surface area contributed by atoms with Gasteiger partial charge in [-0.1, -0.05) is 54.5 Å². The van der Waals surface area contributed by atoms with Crippen molar-refractivity contribution in [3.63, 3.8) is 0 Å². The van der Waals surface area contributed by atoms with Crippen LogP contribution in [0.25, 0.3) is 10.4 Å². The summed E-state index contributed by atoms with van der Waals surface area (Å²) in [6.07, 6.45) is 9.31. The highest BCUT2D eigenvalue weighted by Crippen LogP contribution is 2.41. The van der Waals surface area contributed by atoms with Gasteiger partial charge in [0.15, 0.2) is 5.13 Å². The second-order valence-electron chi connectivity index (χ2n) is 6.47. The quantitative estimate of drug-likeness (QED) is 0.890. The van der Waals surface area contributed by atoms with Gasteiger partial charge < -0.3 is 10.1 Å². The standard InChI is InChI=1S/C18H22N2OS/c1-2-6-14(7-3-1)16-13-19-17(22-16)20-15-8-11-21-18(12-15)9-4-5-10-18/h1-3,6-7,13,15H,4-5,8-12H2,(H,19,20). The molecule has 22 heavy (non-hydrogen) atoms. The van der Waals surface area contributed by atoms with Crippen LogP contribution in [0.15, 0.2) is 36.5 Å². The summed E-state index contributed by atoms with van der Waals surface area (Å²) in [5.74, 6) is 0. The van der Waals surface area contributed by atoms with Crippen LogP contribution in [0.1, 0.15) is 38.5 Å². The predicted octanol–water partition coefficient (Wildman–Crippen LogP) is 4.71. The normalized spacial score (nSPS) is 23.7. The lowest BCUT2D eigenvalue weighted by Gasteiger charge is -2.38. The molecule has 2 heterocycles. The van der Waals surface area contributed by atoms with Crippen LogP contribution in [0.4, 0.5) is 5.13 Å². The molecule has 0 radical (unpaired) electrons. The molecule has 4 rings (SSSR count). The molecule has 2 aromatic rings. The lowest BCUT2D eigenvalue weighted by atomic mass is 9.89. The zero-order valence-corrected chi connectivity index (χ0v) is 13.6. The summed E-state index contributed by atoms with van der Waals surface area (Å²) in [5.41, 5.74) is 1.41. The van der Waals surface area contributed by atoms with Crippen molar-refractivity contribution >= 4 is 16.5 Å². The summed E-state index contributed by atoms with van der Waals surface area (Å²) >= 11 is 1.75. The third-order valence-corrected chi connectivity index (χ3v) is 5.88. The van der Waals surface area contributed by atoms with E-state index < -0.39 is 0 Å². The fourth-order valence-electron chi connectivity index (χ4n) is 3.77. The Kier molecular flexibility index (Phi) is 3.89. The lowest BCUT2D eigenvalue weighted by Crippen LogP contribution is -2.42. The zero-order chi connectivity index (χ0) is 14.8. The molecule has 1 saturated heterocycles. The number of anilines is 1. The minimum atomic E-state index is 0.162. The Bertz CT molecular complexity index is 619. The van der Waals surface area contributed by atoms with Gasteiger partial charge in [0.05, 0.1) is 10.5 Å². The van der Waals surface area contributed by atoms with Crippen LogP contribution in [-0.4, -0.2) is 23.2 Å². The molecule has 2 fully saturated rings. The van der Waals surface area contributed by atoms with Gasteiger partial charge in [-0.3, -0.25) is 0 Å². The van der Waals surface area contributed by atoms with Crippen molar-refractivity contribution in [2.24, 2.45) is 0 Å². The maximum Gasteiger partial charge on any atom is 0.183 e. The summed E-state index contributed by atoms with van der Waals surface area (Å²) < 4.78 is 6.11. The van der Waals surface area contributed by atoms with E-state index in [1.54, 1.807) is 11.3 Å². The molecule has 0 bridgehead atoms. The molecular weight excluding hydrogens is 292 g/mol. The van der Waals surface area contributed by atoms with E-state index >= 15 is 0 Å². The fourth-order valence-corrected chi connectivity index (χ4v) is 4.67. The van der Waals surface area contributed by atoms with Gasteiger partial charge >= 0.3 is 0 Å². The van der Waals surface area contributed by atoms with Gasteiger partial charge in [-0.2, -0.15) is 0 Å². The van der Waals surface area contributed by atoms with Crippen molar-refractivity contribution in [1.82, 2.24) is 4.98 Å². The Labute approximate surface area is 135 Å². The van der Waals surface area contributed by atoms with Gasteiger partial charge in [-0.25, -0.2) is 4.98 Å². The first-order valence-corrected chi connectivity index (χ1v) is 9.06. The molecule has 1 spiro atoms. The molecule has 1 aliphatic heterocycles. The van der Waals surface area contributed by atoms with Crippen molar-refractivity contribution in [3.05, 3.63) is 36.5 Å². The first-order valence-electron chi connectivity index (χ1n) is 8.25. The molecule has 116 valence electrons. The Morgan fingerprint density at radius 1 is 1.18 bits per heavy atom. The van der Waals surface area contributed by atoms with Gasteiger partial charge in [0.1, 0.15) is 0 Å². The van der Waals surface area contributed by atoms with Crippen LogP contribution < -0.4 is 5.32 Å². The molecule has 1 saturated carbocycles. The predicted molar refractivity (Wildman–Crippen MR) is 91.3 cm³/mol. The number of ether oxygens (including phenoxy) is 1. The van der Waals surface area contributed by atoms with E-state index in [9.17, 15) is 0 Å². The first-order chi connectivity index (χ1) is 10.8. The second kappa shape index (κ2) is 6.01. The fraction of sp³-hybridized carbons (Fsp3) is 0.500. The molecule has 1 aromatic heterocycles. The summed E-state index contributed by atoms with van der Waals surface area (Å²) in [6.45, 7) is 0.884. The molecule has 1 atom stereocenters. The Morgan fingerprint density at radius 3 is 2.82 bits per heavy atom. The highest BCUT2D eigenvalue weighted by molar-refractivity contribution is 7.18. The smallest absolute Gasteiger partial charge is 0.183 e. The third kappa shape index (κ3) is 2.90. The van der Waals surface area contributed by atoms with Crippen molar-refractivity contribution in [2.45, 2.75) is 50.2 Å². The molecule has 4 heteroatoms. The van der Waals surface area contributed by atoms with Gasteiger partial charge in [0.25, 0.3) is 0 Å². The van der Waals surface area contributed by atoms with Crippen LogP contribution in [-0.2, 0) is 4.74 Å². The van der Waals surface area contributed by atoms with Crippen molar-refractivity contribution < 1.29 is 4.74 Å². The van der Waals surface area contributed by atoms with Crippen LogP contribution in [0.2, 0.25) is 0 Å². The van der Waals surface area contributed by atoms with E-state index in [-0.39, 0.29) is 5.60 Å². The SMILES string of the molecule is c1ccc(-c2cnc(NC3CCOC4(CCCC4)C3)s2)cc1. The number of aromatic nitrogens is 1. The van der Waals surface area contributed by atoms with Gasteiger partial charge in [0, 0.05) is 18.8 Å². The summed E-state index contributed by atoms with van der Waals surface area (Å²) in [6, 6.07) is 11.0. The average molecular weight is 314 g/mol. The summed E-state index contributed by atoms with van der Waals surface area (Å²) in [4.78, 5) is 5.80. The lowest BCUT2D eigenvalue weighted by molar-refractivity contribution is -0.0767. The average Bonchev–Trinajstić information content (AvgIpc) is 3.19. The summed E-state index contributed by atoms with van der Waals surface area (Å²) in [5, 5.41) is 4.69. The maximum absolute atomic E-state index is 6.11. The van der Waals surface area contributed by atoms with E-state index in [4.69, 9.17) is 4.74 Å². The molecule has 1 N–H and O–H groups in total. The largest absolute Gasteiger partial charge is 0.375 e. The van der Waals surface area contributed by atoms with Gasteiger partial charge in [-0.05, 0) is 31.2 Å². The van der Waals surface area contributed by atoms with Crippen molar-refractivity contribution in [2.75, 3.05) is 11.9 Å². The van der Waals surface area contributed by atoms with Crippen LogP contribution in [0.5, 0.6) is 0 Å². The molecule has 2 aliphatic rings. The number of hydrogen-bond donors (Lipinski definition) is 1. The van der Waals surface area contributed by atoms with Crippen molar-refractivity contribution in [1.29, 1.82) is 0 Å². The van der Waals surface area contributed by atoms with Crippen LogP contribution in [0, 0.1) is 0 Å². The van der Waals surface area contributed by atoms with E-state index in [0.29, 0.717) is 6.04 Å². The zero-order valence-electron chi connectivity index (χ0n) is 12.8.